The van der Waals surface area contributed by atoms with E-state index < -0.39 is 15.6 Å². The zero-order chi connectivity index (χ0) is 21.8. The smallest absolute Gasteiger partial charge is 0.485 e. The van der Waals surface area contributed by atoms with Crippen LogP contribution in [0, 0.1) is 5.41 Å². The van der Waals surface area contributed by atoms with Gasteiger partial charge in [-0.1, -0.05) is 18.7 Å². The van der Waals surface area contributed by atoms with Crippen LogP contribution in [0.25, 0.3) is 0 Å². The average Bonchev–Trinajstić information content (AvgIpc) is 2.52. The molecule has 0 unspecified atom stereocenters. The fraction of sp³-hybridized carbons (Fsp3) is 0.438. The monoisotopic (exact) mass is 518 g/mol. The van der Waals surface area contributed by atoms with E-state index in [1.807, 2.05) is 0 Å². The summed E-state index contributed by atoms with van der Waals surface area (Å²) in [7, 11) is 2.26. The Morgan fingerprint density at radius 3 is 1.79 bits per heavy atom. The van der Waals surface area contributed by atoms with Gasteiger partial charge in [-0.2, -0.15) is 13.2 Å². The molecule has 1 rings (SSSR count). The molecule has 1 aromatic rings. The van der Waals surface area contributed by atoms with E-state index in [4.69, 9.17) is 18.4 Å². The maximum Gasteiger partial charge on any atom is 0.485 e. The van der Waals surface area contributed by atoms with Gasteiger partial charge in [0.05, 0.1) is 5.71 Å². The quantitative estimate of drug-likeness (QED) is 0.267. The minimum Gasteiger partial charge on any atom is -0.741 e. The predicted octanol–water partition coefficient (Wildman–Crippen LogP) is 2.10. The standard InChI is InChI=1S/C9H9NO.C6H16N2.CHF3O3S.Pd/c1-2-8(10)7-5-3-4-6-9(7)11;1-7(2)5-6-8(3)4;2-1(3,4)8(5,6)7;/h2-6,10-11H,1H2;5-6H2,1-4H3;(H,5,6,7);/p-1. The maximum absolute atomic E-state index is 10.7. The summed E-state index contributed by atoms with van der Waals surface area (Å²) >= 11 is 0. The third-order valence-corrected chi connectivity index (χ3v) is 3.24. The van der Waals surface area contributed by atoms with Crippen molar-refractivity contribution in [2.45, 2.75) is 5.51 Å². The number of alkyl halides is 3. The molecule has 166 valence electrons. The van der Waals surface area contributed by atoms with E-state index >= 15 is 0 Å². The Morgan fingerprint density at radius 2 is 1.54 bits per heavy atom. The summed E-state index contributed by atoms with van der Waals surface area (Å²) in [5, 5.41) is 16.6. The Labute approximate surface area is 177 Å². The first-order valence-corrected chi connectivity index (χ1v) is 8.85. The summed E-state index contributed by atoms with van der Waals surface area (Å²) in [5.41, 5.74) is -4.89. The van der Waals surface area contributed by atoms with Crippen LogP contribution in [0.1, 0.15) is 5.56 Å². The first-order chi connectivity index (χ1) is 12.1. The minimum absolute atomic E-state index is 0. The van der Waals surface area contributed by atoms with Gasteiger partial charge < -0.3 is 24.9 Å². The van der Waals surface area contributed by atoms with Gasteiger partial charge in [0.1, 0.15) is 5.75 Å². The summed E-state index contributed by atoms with van der Waals surface area (Å²) in [4.78, 5) is 4.36. The summed E-state index contributed by atoms with van der Waals surface area (Å²) < 4.78 is 58.9. The van der Waals surface area contributed by atoms with Gasteiger partial charge >= 0.3 is 5.51 Å². The SMILES string of the molecule is C=CC(=N)c1ccccc1O.CN(C)CCN(C)C.O=S(=O)([O-])C(F)(F)F.[Pd]. The molecule has 0 heterocycles. The molecule has 0 atom stereocenters. The number of nitrogens with zero attached hydrogens (tertiary/aromatic N) is 2. The number of nitrogens with one attached hydrogen (secondary N) is 1. The summed E-state index contributed by atoms with van der Waals surface area (Å²) in [5.74, 6) is 0.123. The van der Waals surface area contributed by atoms with Gasteiger partial charge in [0.25, 0.3) is 0 Å². The molecular weight excluding hydrogens is 494 g/mol. The Bertz CT molecular complexity index is 689. The van der Waals surface area contributed by atoms with Crippen LogP contribution in [-0.2, 0) is 30.5 Å². The van der Waals surface area contributed by atoms with Crippen LogP contribution in [0.15, 0.2) is 36.9 Å². The third-order valence-electron chi connectivity index (χ3n) is 2.68. The van der Waals surface area contributed by atoms with Crippen molar-refractivity contribution in [2.75, 3.05) is 41.3 Å². The molecule has 1 aromatic carbocycles. The molecule has 12 heteroatoms. The number of aromatic hydroxyl groups is 1. The number of allylic oxidation sites excluding steroid dienone is 1. The number of likely N-dealkylation sites (N-methyl/N-ethyl adjacent to an activating group) is 2. The van der Waals surface area contributed by atoms with Crippen LogP contribution >= 0.6 is 0 Å². The fourth-order valence-electron chi connectivity index (χ4n) is 1.21. The maximum atomic E-state index is 10.7. The Hall–Kier alpha value is -1.29. The summed E-state index contributed by atoms with van der Waals surface area (Å²) in [6, 6.07) is 6.72. The molecule has 0 radical (unpaired) electrons. The van der Waals surface area contributed by atoms with Crippen molar-refractivity contribution >= 4 is 15.8 Å². The van der Waals surface area contributed by atoms with Gasteiger partial charge in [-0.15, -0.1) is 0 Å². The molecule has 28 heavy (non-hydrogen) atoms. The van der Waals surface area contributed by atoms with Crippen molar-refractivity contribution < 1.29 is 51.7 Å². The first kappa shape index (κ1) is 31.4. The predicted molar refractivity (Wildman–Crippen MR) is 98.0 cm³/mol. The summed E-state index contributed by atoms with van der Waals surface area (Å²) in [6.45, 7) is 5.73. The van der Waals surface area contributed by atoms with E-state index in [1.165, 1.54) is 6.08 Å². The number of hydrogen-bond acceptors (Lipinski definition) is 7. The largest absolute Gasteiger partial charge is 0.741 e. The number of phenols is 1. The zero-order valence-electron chi connectivity index (χ0n) is 15.9. The van der Waals surface area contributed by atoms with Crippen LogP contribution in [0.5, 0.6) is 5.75 Å². The van der Waals surface area contributed by atoms with Crippen molar-refractivity contribution in [3.63, 3.8) is 0 Å². The molecule has 2 N–H and O–H groups in total. The van der Waals surface area contributed by atoms with Crippen LogP contribution in [0.3, 0.4) is 0 Å². The second-order valence-electron chi connectivity index (χ2n) is 5.64. The van der Waals surface area contributed by atoms with Crippen LogP contribution < -0.4 is 0 Å². The number of benzene rings is 1. The normalized spacial score (nSPS) is 10.8. The molecule has 0 aliphatic carbocycles. The fourth-order valence-corrected chi connectivity index (χ4v) is 1.21. The van der Waals surface area contributed by atoms with E-state index in [-0.39, 0.29) is 31.9 Å². The van der Waals surface area contributed by atoms with Crippen LogP contribution in [0.4, 0.5) is 13.2 Å². The molecule has 0 saturated heterocycles. The molecule has 0 fully saturated rings. The first-order valence-electron chi connectivity index (χ1n) is 7.44. The second-order valence-corrected chi connectivity index (χ2v) is 7.01. The van der Waals surface area contributed by atoms with Gasteiger partial charge in [0.15, 0.2) is 10.1 Å². The van der Waals surface area contributed by atoms with E-state index in [2.05, 4.69) is 44.6 Å². The topological polar surface area (TPSA) is 108 Å². The zero-order valence-corrected chi connectivity index (χ0v) is 18.3. The molecule has 0 aliphatic rings. The van der Waals surface area contributed by atoms with Crippen molar-refractivity contribution in [1.82, 2.24) is 9.80 Å². The minimum atomic E-state index is -6.09. The number of hydrogen-bond donors (Lipinski definition) is 2. The molecule has 0 aliphatic heterocycles. The number of halogens is 3. The number of phenolic OH excluding ortho intramolecular Hbond substituents is 1. The van der Waals surface area contributed by atoms with Gasteiger partial charge in [-0.3, -0.25) is 0 Å². The van der Waals surface area contributed by atoms with E-state index in [0.29, 0.717) is 5.56 Å². The average molecular weight is 519 g/mol. The molecule has 0 saturated carbocycles. The molecule has 0 aromatic heterocycles. The van der Waals surface area contributed by atoms with Gasteiger partial charge in [-0.25, -0.2) is 8.42 Å². The van der Waals surface area contributed by atoms with Crippen LogP contribution in [0.2, 0.25) is 0 Å². The van der Waals surface area contributed by atoms with Gasteiger partial charge in [-0.05, 0) is 46.4 Å². The van der Waals surface area contributed by atoms with Crippen molar-refractivity contribution in [1.29, 1.82) is 5.41 Å². The van der Waals surface area contributed by atoms with Gasteiger partial charge in [0, 0.05) is 39.1 Å². The van der Waals surface area contributed by atoms with Crippen molar-refractivity contribution in [2.24, 2.45) is 0 Å². The van der Waals surface area contributed by atoms with E-state index in [9.17, 15) is 18.3 Å². The van der Waals surface area contributed by atoms with E-state index in [0.717, 1.165) is 13.1 Å². The van der Waals surface area contributed by atoms with Gasteiger partial charge in [0.2, 0.25) is 0 Å². The molecule has 0 bridgehead atoms. The summed E-state index contributed by atoms with van der Waals surface area (Å²) in [6.07, 6.45) is 1.40. The van der Waals surface area contributed by atoms with Crippen molar-refractivity contribution in [3.05, 3.63) is 42.5 Å². The molecule has 7 nitrogen and oxygen atoms in total. The second kappa shape index (κ2) is 14.7. The van der Waals surface area contributed by atoms with Crippen molar-refractivity contribution in [3.8, 4) is 5.75 Å². The Morgan fingerprint density at radius 1 is 1.18 bits per heavy atom. The Balaban J connectivity index is -0.000000337. The third kappa shape index (κ3) is 15.7. The van der Waals surface area contributed by atoms with E-state index in [1.54, 1.807) is 24.3 Å². The number of para-hydroxylation sites is 1. The molecule has 0 amide bonds. The molecular formula is C16H25F3N3O4PdS-. The number of rotatable bonds is 5. The molecule has 0 spiro atoms. The Kier molecular flexibility index (Phi) is 16.5. The van der Waals surface area contributed by atoms with Crippen LogP contribution in [-0.4, -0.2) is 80.4 Å².